The molecular formula is C21H30ClN3O3. The molecule has 154 valence electrons. The molecule has 1 aromatic carbocycles. The van der Waals surface area contributed by atoms with Crippen LogP contribution in [0.3, 0.4) is 0 Å². The van der Waals surface area contributed by atoms with Gasteiger partial charge in [0.25, 0.3) is 0 Å². The van der Waals surface area contributed by atoms with Gasteiger partial charge in [-0.05, 0) is 43.4 Å². The number of piperidine rings is 1. The van der Waals surface area contributed by atoms with E-state index in [0.717, 1.165) is 37.2 Å². The molecule has 4 rings (SSSR count). The van der Waals surface area contributed by atoms with Crippen molar-refractivity contribution in [3.8, 4) is 5.75 Å². The standard InChI is InChI=1S/C21H29N3O3.ClH/c1-23-19(25)10-9-18(20(23)14-3-7-17(27-2)8-4-14)21(26)24-12-11-15-5-6-16(13-24)22-15;/h3-4,7-8,15-16,18,20,22H,5-6,9-13H2,1-2H3;1H. The smallest absolute Gasteiger partial charge is 0.228 e. The first kappa shape index (κ1) is 20.9. The Bertz CT molecular complexity index is 711. The van der Waals surface area contributed by atoms with Crippen LogP contribution in [0, 0.1) is 5.92 Å². The predicted octanol–water partition coefficient (Wildman–Crippen LogP) is 2.38. The van der Waals surface area contributed by atoms with Crippen LogP contribution in [0.2, 0.25) is 0 Å². The lowest BCUT2D eigenvalue weighted by Crippen LogP contribution is -2.49. The van der Waals surface area contributed by atoms with Crippen molar-refractivity contribution >= 4 is 24.2 Å². The number of hydrogen-bond donors (Lipinski definition) is 1. The molecular weight excluding hydrogens is 378 g/mol. The molecule has 7 heteroatoms. The molecule has 3 aliphatic rings. The van der Waals surface area contributed by atoms with Crippen LogP contribution in [0.15, 0.2) is 24.3 Å². The number of halogens is 1. The summed E-state index contributed by atoms with van der Waals surface area (Å²) in [5.41, 5.74) is 0.999. The summed E-state index contributed by atoms with van der Waals surface area (Å²) in [4.78, 5) is 29.7. The second-order valence-electron chi connectivity index (χ2n) is 8.08. The fourth-order valence-electron chi connectivity index (χ4n) is 4.93. The number of nitrogens with one attached hydrogen (secondary N) is 1. The third-order valence-electron chi connectivity index (χ3n) is 6.47. The van der Waals surface area contributed by atoms with E-state index in [1.165, 1.54) is 6.42 Å². The molecule has 4 unspecified atom stereocenters. The van der Waals surface area contributed by atoms with Crippen LogP contribution in [0.25, 0.3) is 0 Å². The van der Waals surface area contributed by atoms with Gasteiger partial charge in [0.15, 0.2) is 0 Å². The van der Waals surface area contributed by atoms with E-state index in [1.807, 2.05) is 36.2 Å². The highest BCUT2D eigenvalue weighted by atomic mass is 35.5. The minimum atomic E-state index is -0.210. The van der Waals surface area contributed by atoms with E-state index < -0.39 is 0 Å². The number of methoxy groups -OCH3 is 1. The molecule has 28 heavy (non-hydrogen) atoms. The number of carbonyl (C=O) groups excluding carboxylic acids is 2. The van der Waals surface area contributed by atoms with Crippen molar-refractivity contribution in [2.45, 2.75) is 50.2 Å². The number of amides is 2. The Morgan fingerprint density at radius 3 is 2.54 bits per heavy atom. The van der Waals surface area contributed by atoms with Crippen LogP contribution in [-0.4, -0.2) is 60.9 Å². The SMILES string of the molecule is COc1ccc(C2C(C(=O)N3CCC4CCC(C3)N4)CCC(=O)N2C)cc1.Cl. The van der Waals surface area contributed by atoms with Crippen molar-refractivity contribution < 1.29 is 14.3 Å². The third kappa shape index (κ3) is 3.98. The molecule has 1 aromatic rings. The summed E-state index contributed by atoms with van der Waals surface area (Å²) in [6, 6.07) is 8.52. The molecule has 3 saturated heterocycles. The van der Waals surface area contributed by atoms with Gasteiger partial charge in [-0.25, -0.2) is 0 Å². The Morgan fingerprint density at radius 1 is 1.11 bits per heavy atom. The normalized spacial score (nSPS) is 29.9. The summed E-state index contributed by atoms with van der Waals surface area (Å²) < 4.78 is 5.25. The summed E-state index contributed by atoms with van der Waals surface area (Å²) >= 11 is 0. The molecule has 0 radical (unpaired) electrons. The summed E-state index contributed by atoms with van der Waals surface area (Å²) in [5, 5.41) is 3.64. The topological polar surface area (TPSA) is 61.9 Å². The zero-order valence-corrected chi connectivity index (χ0v) is 17.4. The number of ether oxygens (including phenoxy) is 1. The third-order valence-corrected chi connectivity index (χ3v) is 6.47. The Balaban J connectivity index is 0.00000225. The minimum absolute atomic E-state index is 0. The highest BCUT2D eigenvalue weighted by Gasteiger charge is 2.42. The monoisotopic (exact) mass is 407 g/mol. The summed E-state index contributed by atoms with van der Waals surface area (Å²) in [6.45, 7) is 1.61. The van der Waals surface area contributed by atoms with Crippen molar-refractivity contribution in [2.24, 2.45) is 5.92 Å². The van der Waals surface area contributed by atoms with Crippen LogP contribution in [0.1, 0.15) is 43.7 Å². The lowest BCUT2D eigenvalue weighted by atomic mass is 9.83. The molecule has 0 aromatic heterocycles. The molecule has 0 spiro atoms. The lowest BCUT2D eigenvalue weighted by Gasteiger charge is -2.41. The van der Waals surface area contributed by atoms with Gasteiger partial charge < -0.3 is 19.9 Å². The maximum absolute atomic E-state index is 13.5. The minimum Gasteiger partial charge on any atom is -0.497 e. The van der Waals surface area contributed by atoms with E-state index in [1.54, 1.807) is 12.0 Å². The molecule has 0 aliphatic carbocycles. The van der Waals surface area contributed by atoms with Gasteiger partial charge in [0.05, 0.1) is 19.1 Å². The number of rotatable bonds is 3. The molecule has 2 bridgehead atoms. The summed E-state index contributed by atoms with van der Waals surface area (Å²) in [7, 11) is 3.46. The fourth-order valence-corrected chi connectivity index (χ4v) is 4.93. The van der Waals surface area contributed by atoms with E-state index in [9.17, 15) is 9.59 Å². The average Bonchev–Trinajstić information content (AvgIpc) is 3.02. The quantitative estimate of drug-likeness (QED) is 0.835. The maximum Gasteiger partial charge on any atom is 0.228 e. The van der Waals surface area contributed by atoms with Gasteiger partial charge in [-0.15, -0.1) is 12.4 Å². The van der Waals surface area contributed by atoms with E-state index >= 15 is 0 Å². The number of nitrogens with zero attached hydrogens (tertiary/aromatic N) is 2. The molecule has 2 amide bonds. The molecule has 3 fully saturated rings. The van der Waals surface area contributed by atoms with E-state index in [0.29, 0.717) is 24.9 Å². The molecule has 3 aliphatic heterocycles. The van der Waals surface area contributed by atoms with Gasteiger partial charge in [-0.1, -0.05) is 12.1 Å². The molecule has 4 atom stereocenters. The van der Waals surface area contributed by atoms with Crippen molar-refractivity contribution in [2.75, 3.05) is 27.2 Å². The predicted molar refractivity (Wildman–Crippen MR) is 110 cm³/mol. The van der Waals surface area contributed by atoms with E-state index in [4.69, 9.17) is 4.74 Å². The average molecular weight is 408 g/mol. The number of fused-ring (bicyclic) bond motifs is 2. The number of benzene rings is 1. The first-order valence-corrected chi connectivity index (χ1v) is 10.0. The zero-order valence-electron chi connectivity index (χ0n) is 16.6. The van der Waals surface area contributed by atoms with E-state index in [2.05, 4.69) is 5.32 Å². The van der Waals surface area contributed by atoms with E-state index in [-0.39, 0.29) is 36.2 Å². The fraction of sp³-hybridized carbons (Fsp3) is 0.619. The van der Waals surface area contributed by atoms with Gasteiger partial charge in [-0.3, -0.25) is 9.59 Å². The first-order chi connectivity index (χ1) is 13.1. The Kier molecular flexibility index (Phi) is 6.50. The number of likely N-dealkylation sites (tertiary alicyclic amines) is 2. The van der Waals surface area contributed by atoms with Crippen LogP contribution < -0.4 is 10.1 Å². The molecule has 0 saturated carbocycles. The van der Waals surface area contributed by atoms with Gasteiger partial charge in [0.2, 0.25) is 11.8 Å². The largest absolute Gasteiger partial charge is 0.497 e. The Morgan fingerprint density at radius 2 is 1.82 bits per heavy atom. The summed E-state index contributed by atoms with van der Waals surface area (Å²) in [5.74, 6) is 0.903. The van der Waals surface area contributed by atoms with Crippen LogP contribution in [-0.2, 0) is 9.59 Å². The van der Waals surface area contributed by atoms with Crippen molar-refractivity contribution in [1.29, 1.82) is 0 Å². The number of hydrogen-bond acceptors (Lipinski definition) is 4. The summed E-state index contributed by atoms with van der Waals surface area (Å²) in [6.07, 6.45) is 4.46. The second kappa shape index (κ2) is 8.70. The Hall–Kier alpha value is -1.79. The second-order valence-corrected chi connectivity index (χ2v) is 8.08. The van der Waals surface area contributed by atoms with Crippen LogP contribution in [0.4, 0.5) is 0 Å². The molecule has 3 heterocycles. The zero-order chi connectivity index (χ0) is 19.0. The van der Waals surface area contributed by atoms with Gasteiger partial charge in [0.1, 0.15) is 5.75 Å². The van der Waals surface area contributed by atoms with Crippen molar-refractivity contribution in [3.05, 3.63) is 29.8 Å². The Labute approximate surface area is 173 Å². The first-order valence-electron chi connectivity index (χ1n) is 10.0. The van der Waals surface area contributed by atoms with Crippen LogP contribution >= 0.6 is 12.4 Å². The highest BCUT2D eigenvalue weighted by molar-refractivity contribution is 5.85. The van der Waals surface area contributed by atoms with Crippen molar-refractivity contribution in [1.82, 2.24) is 15.1 Å². The van der Waals surface area contributed by atoms with Gasteiger partial charge in [-0.2, -0.15) is 0 Å². The van der Waals surface area contributed by atoms with Gasteiger partial charge >= 0.3 is 0 Å². The van der Waals surface area contributed by atoms with Gasteiger partial charge in [0, 0.05) is 38.6 Å². The molecule has 6 nitrogen and oxygen atoms in total. The van der Waals surface area contributed by atoms with Crippen molar-refractivity contribution in [3.63, 3.8) is 0 Å². The maximum atomic E-state index is 13.5. The van der Waals surface area contributed by atoms with Crippen LogP contribution in [0.5, 0.6) is 5.75 Å². The lowest BCUT2D eigenvalue weighted by molar-refractivity contribution is -0.146. The highest BCUT2D eigenvalue weighted by Crippen LogP contribution is 2.38. The molecule has 1 N–H and O–H groups in total. The number of carbonyl (C=O) groups is 2.